The van der Waals surface area contributed by atoms with Crippen LogP contribution in [0.3, 0.4) is 0 Å². The number of halogens is 1. The monoisotopic (exact) mass is 358 g/mol. The summed E-state index contributed by atoms with van der Waals surface area (Å²) in [6.45, 7) is 6.47. The van der Waals surface area contributed by atoms with Crippen molar-refractivity contribution in [3.63, 3.8) is 0 Å². The van der Waals surface area contributed by atoms with E-state index in [1.807, 2.05) is 6.20 Å². The fourth-order valence-electron chi connectivity index (χ4n) is 2.97. The molecule has 122 valence electrons. The number of nitrogens with one attached hydrogen (secondary N) is 1. The van der Waals surface area contributed by atoms with Crippen molar-refractivity contribution < 1.29 is 0 Å². The number of rotatable bonds is 10. The van der Waals surface area contributed by atoms with Crippen LogP contribution in [0.5, 0.6) is 0 Å². The quantitative estimate of drug-likeness (QED) is 0.692. The lowest BCUT2D eigenvalue weighted by Crippen LogP contribution is -2.29. The molecule has 0 aromatic carbocycles. The molecule has 1 atom stereocenters. The number of hydrogen-bond acceptors (Lipinski definition) is 3. The second-order valence-corrected chi connectivity index (χ2v) is 6.86. The molecule has 1 aromatic heterocycles. The van der Waals surface area contributed by atoms with Crippen molar-refractivity contribution in [3.05, 3.63) is 16.4 Å². The van der Waals surface area contributed by atoms with Gasteiger partial charge in [-0.2, -0.15) is 5.10 Å². The van der Waals surface area contributed by atoms with Gasteiger partial charge < -0.3 is 10.2 Å². The average Bonchev–Trinajstić information content (AvgIpc) is 2.80. The van der Waals surface area contributed by atoms with Gasteiger partial charge in [-0.3, -0.25) is 4.68 Å². The molecule has 1 heterocycles. The smallest absolute Gasteiger partial charge is 0.0698 e. The Balaban J connectivity index is 2.99. The van der Waals surface area contributed by atoms with Crippen molar-refractivity contribution in [1.82, 2.24) is 20.0 Å². The van der Waals surface area contributed by atoms with E-state index < -0.39 is 0 Å². The molecule has 0 spiro atoms. The second kappa shape index (κ2) is 9.59. The lowest BCUT2D eigenvalue weighted by Gasteiger charge is -2.28. The van der Waals surface area contributed by atoms with Crippen molar-refractivity contribution in [2.24, 2.45) is 5.92 Å². The van der Waals surface area contributed by atoms with E-state index >= 15 is 0 Å². The summed E-state index contributed by atoms with van der Waals surface area (Å²) in [5.74, 6) is 0.663. The van der Waals surface area contributed by atoms with Crippen LogP contribution in [0.2, 0.25) is 0 Å². The molecule has 0 aliphatic rings. The van der Waals surface area contributed by atoms with E-state index in [1.165, 1.54) is 31.4 Å². The first kappa shape index (κ1) is 18.7. The standard InChI is InChI=1S/C16H31BrN4/c1-6-8-13(9-7-2)15(18-3)16-14(17)12-19-21(16)11-10-20(4)5/h12-13,15,18H,6-11H2,1-5H3. The van der Waals surface area contributed by atoms with Gasteiger partial charge in [0, 0.05) is 6.54 Å². The molecule has 5 heteroatoms. The lowest BCUT2D eigenvalue weighted by atomic mass is 9.88. The van der Waals surface area contributed by atoms with E-state index in [0.29, 0.717) is 12.0 Å². The highest BCUT2D eigenvalue weighted by molar-refractivity contribution is 9.10. The Bertz CT molecular complexity index is 397. The summed E-state index contributed by atoms with van der Waals surface area (Å²) in [6.07, 6.45) is 6.90. The zero-order valence-corrected chi connectivity index (χ0v) is 15.8. The first-order valence-electron chi connectivity index (χ1n) is 8.08. The van der Waals surface area contributed by atoms with E-state index in [9.17, 15) is 0 Å². The number of nitrogens with zero attached hydrogens (tertiary/aromatic N) is 3. The summed E-state index contributed by atoms with van der Waals surface area (Å²) in [5, 5.41) is 8.10. The maximum atomic E-state index is 4.56. The van der Waals surface area contributed by atoms with E-state index in [2.05, 4.69) is 70.9 Å². The molecule has 0 radical (unpaired) electrons. The van der Waals surface area contributed by atoms with Crippen molar-refractivity contribution in [3.8, 4) is 0 Å². The fourth-order valence-corrected chi connectivity index (χ4v) is 3.51. The Labute approximate surface area is 138 Å². The average molecular weight is 359 g/mol. The second-order valence-electron chi connectivity index (χ2n) is 6.01. The maximum Gasteiger partial charge on any atom is 0.0698 e. The SMILES string of the molecule is CCCC(CCC)C(NC)c1c(Br)cnn1CCN(C)C. The largest absolute Gasteiger partial charge is 0.311 e. The predicted molar refractivity (Wildman–Crippen MR) is 93.6 cm³/mol. The molecular weight excluding hydrogens is 328 g/mol. The summed E-state index contributed by atoms with van der Waals surface area (Å²) < 4.78 is 3.28. The van der Waals surface area contributed by atoms with Gasteiger partial charge in [-0.25, -0.2) is 0 Å². The molecule has 1 unspecified atom stereocenters. The van der Waals surface area contributed by atoms with Gasteiger partial charge in [0.05, 0.1) is 29.0 Å². The minimum Gasteiger partial charge on any atom is -0.311 e. The van der Waals surface area contributed by atoms with E-state index in [0.717, 1.165) is 17.6 Å². The van der Waals surface area contributed by atoms with Crippen molar-refractivity contribution in [1.29, 1.82) is 0 Å². The zero-order chi connectivity index (χ0) is 15.8. The molecule has 0 aliphatic carbocycles. The number of aromatic nitrogens is 2. The van der Waals surface area contributed by atoms with Crippen LogP contribution in [0.25, 0.3) is 0 Å². The van der Waals surface area contributed by atoms with E-state index in [1.54, 1.807) is 0 Å². The van der Waals surface area contributed by atoms with Crippen LogP contribution in [-0.4, -0.2) is 42.4 Å². The van der Waals surface area contributed by atoms with E-state index in [4.69, 9.17) is 0 Å². The van der Waals surface area contributed by atoms with Gasteiger partial charge in [0.15, 0.2) is 0 Å². The summed E-state index contributed by atoms with van der Waals surface area (Å²) in [4.78, 5) is 2.20. The first-order chi connectivity index (χ1) is 10.0. The Hall–Kier alpha value is -0.390. The summed E-state index contributed by atoms with van der Waals surface area (Å²) in [7, 11) is 6.27. The third-order valence-electron chi connectivity index (χ3n) is 3.99. The fraction of sp³-hybridized carbons (Fsp3) is 0.812. The van der Waals surface area contributed by atoms with Gasteiger partial charge >= 0.3 is 0 Å². The molecule has 0 saturated heterocycles. The first-order valence-corrected chi connectivity index (χ1v) is 8.87. The van der Waals surface area contributed by atoms with Crippen molar-refractivity contribution in [2.75, 3.05) is 27.7 Å². The molecule has 1 N–H and O–H groups in total. The molecule has 0 saturated carbocycles. The van der Waals surface area contributed by atoms with Crippen LogP contribution in [0, 0.1) is 5.92 Å². The molecule has 21 heavy (non-hydrogen) atoms. The van der Waals surface area contributed by atoms with Gasteiger partial charge in [0.2, 0.25) is 0 Å². The third kappa shape index (κ3) is 5.38. The highest BCUT2D eigenvalue weighted by Gasteiger charge is 2.26. The Morgan fingerprint density at radius 2 is 1.90 bits per heavy atom. The molecule has 0 amide bonds. The number of likely N-dealkylation sites (N-methyl/N-ethyl adjacent to an activating group) is 1. The predicted octanol–water partition coefficient (Wildman–Crippen LogP) is 3.68. The lowest BCUT2D eigenvalue weighted by molar-refractivity contribution is 0.304. The number of hydrogen-bond donors (Lipinski definition) is 1. The van der Waals surface area contributed by atoms with Gasteiger partial charge in [0.25, 0.3) is 0 Å². The van der Waals surface area contributed by atoms with Gasteiger partial charge in [-0.05, 0) is 55.8 Å². The molecule has 0 aliphatic heterocycles. The Morgan fingerprint density at radius 3 is 2.38 bits per heavy atom. The topological polar surface area (TPSA) is 33.1 Å². The van der Waals surface area contributed by atoms with Gasteiger partial charge in [0.1, 0.15) is 0 Å². The highest BCUT2D eigenvalue weighted by atomic mass is 79.9. The molecular formula is C16H31BrN4. The molecule has 0 bridgehead atoms. The summed E-state index contributed by atoms with van der Waals surface area (Å²) >= 11 is 3.70. The van der Waals surface area contributed by atoms with Crippen LogP contribution >= 0.6 is 15.9 Å². The highest BCUT2D eigenvalue weighted by Crippen LogP contribution is 2.33. The van der Waals surface area contributed by atoms with Gasteiger partial charge in [-0.1, -0.05) is 26.7 Å². The van der Waals surface area contributed by atoms with Crippen molar-refractivity contribution in [2.45, 2.75) is 52.1 Å². The van der Waals surface area contributed by atoms with E-state index in [-0.39, 0.29) is 0 Å². The minimum atomic E-state index is 0.365. The summed E-state index contributed by atoms with van der Waals surface area (Å²) in [6, 6.07) is 0.365. The molecule has 0 fully saturated rings. The van der Waals surface area contributed by atoms with Crippen LogP contribution in [0.1, 0.15) is 51.3 Å². The third-order valence-corrected chi connectivity index (χ3v) is 4.60. The maximum absolute atomic E-state index is 4.56. The van der Waals surface area contributed by atoms with Crippen LogP contribution in [-0.2, 0) is 6.54 Å². The van der Waals surface area contributed by atoms with Crippen LogP contribution in [0.15, 0.2) is 10.7 Å². The molecule has 1 aromatic rings. The Kier molecular flexibility index (Phi) is 8.52. The zero-order valence-electron chi connectivity index (χ0n) is 14.2. The van der Waals surface area contributed by atoms with Crippen molar-refractivity contribution >= 4 is 15.9 Å². The van der Waals surface area contributed by atoms with Gasteiger partial charge in [-0.15, -0.1) is 0 Å². The summed E-state index contributed by atoms with van der Waals surface area (Å²) in [5.41, 5.74) is 1.30. The van der Waals surface area contributed by atoms with Crippen LogP contribution in [0.4, 0.5) is 0 Å². The molecule has 1 rings (SSSR count). The minimum absolute atomic E-state index is 0.365. The van der Waals surface area contributed by atoms with Crippen LogP contribution < -0.4 is 5.32 Å². The normalized spacial score (nSPS) is 13.3. The Morgan fingerprint density at radius 1 is 1.29 bits per heavy atom. The molecule has 4 nitrogen and oxygen atoms in total.